The minimum Gasteiger partial charge on any atom is -0.489 e. The summed E-state index contributed by atoms with van der Waals surface area (Å²) < 4.78 is 68.7. The molecule has 1 atom stereocenters. The van der Waals surface area contributed by atoms with Crippen molar-refractivity contribution in [3.8, 4) is 11.5 Å². The number of aromatic nitrogens is 4. The lowest BCUT2D eigenvalue weighted by molar-refractivity contribution is 0.193. The van der Waals surface area contributed by atoms with Crippen LogP contribution in [0.4, 0.5) is 17.6 Å². The van der Waals surface area contributed by atoms with Gasteiger partial charge in [-0.25, -0.2) is 17.6 Å². The Kier molecular flexibility index (Phi) is 10.1. The van der Waals surface area contributed by atoms with Gasteiger partial charge in [-0.15, -0.1) is 0 Å². The Morgan fingerprint density at radius 1 is 0.492 bits per heavy atom. The van der Waals surface area contributed by atoms with Crippen LogP contribution in [0.2, 0.25) is 0 Å². The van der Waals surface area contributed by atoms with Crippen molar-refractivity contribution in [1.29, 1.82) is 0 Å². The lowest BCUT2D eigenvalue weighted by Crippen LogP contribution is -2.44. The standard InChI is InChI=1S/C25H24F2N4O.C24H22F2N4O/c26-14-2-4-21-17(10-14)19-12-20-18-11-15(27)3-5-22(18)30-24(20)25(23(19)29-21)32-9-1-7-31-8-6-16(28)13-31;25-14-1-3-20-16(11-14)18-13-19-17-12-15(26)2-4-21(17)29-23(19)24(22(18)28-20)31-10-9-30-7-5-27-6-8-30/h2-5,10-12,16,29-30H,1,6-9,13,28H2;1-4,11-13,27-29H,5-10H2/t16-;/m0./s1. The van der Waals surface area contributed by atoms with Crippen LogP contribution in [0.3, 0.4) is 0 Å². The van der Waals surface area contributed by atoms with Crippen molar-refractivity contribution in [1.82, 2.24) is 35.1 Å². The second-order valence-electron chi connectivity index (χ2n) is 16.9. The number of hydrogen-bond donors (Lipinski definition) is 6. The van der Waals surface area contributed by atoms with Gasteiger partial charge in [-0.05, 0) is 104 Å². The predicted molar refractivity (Wildman–Crippen MR) is 244 cm³/mol. The van der Waals surface area contributed by atoms with E-state index in [9.17, 15) is 17.6 Å². The molecule has 0 amide bonds. The number of H-pyrrole nitrogens is 4. The first-order valence-corrected chi connectivity index (χ1v) is 21.6. The number of likely N-dealkylation sites (tertiary alicyclic amines) is 1. The minimum atomic E-state index is -0.297. The summed E-state index contributed by atoms with van der Waals surface area (Å²) in [5.41, 5.74) is 12.6. The second kappa shape index (κ2) is 16.1. The molecule has 14 heteroatoms. The zero-order valence-corrected chi connectivity index (χ0v) is 34.4. The number of fused-ring (bicyclic) bond motifs is 12. The maximum Gasteiger partial charge on any atom is 0.167 e. The van der Waals surface area contributed by atoms with Gasteiger partial charge < -0.3 is 45.4 Å². The summed E-state index contributed by atoms with van der Waals surface area (Å²) in [5, 5.41) is 9.94. The number of halogens is 4. The van der Waals surface area contributed by atoms with Gasteiger partial charge in [0.25, 0.3) is 0 Å². The van der Waals surface area contributed by atoms with Crippen LogP contribution < -0.4 is 20.5 Å². The normalized spacial score (nSPS) is 16.5. The molecule has 10 nitrogen and oxygen atoms in total. The SMILES string of the molecule is Fc1ccc2[nH]c3c(OCCN4CCNCC4)c4[nH]c5ccc(F)cc5c4cc3c2c1.N[C@H]1CCN(CCCOc2c3[nH]c4ccc(F)cc4c3cc3c2[nH]c2ccc(F)cc23)C1. The van der Waals surface area contributed by atoms with Gasteiger partial charge in [0.2, 0.25) is 0 Å². The molecule has 12 rings (SSSR count). The number of benzene rings is 6. The fourth-order valence-corrected chi connectivity index (χ4v) is 9.62. The molecule has 10 aromatic rings. The molecule has 2 fully saturated rings. The number of nitrogens with zero attached hydrogens (tertiary/aromatic N) is 2. The van der Waals surface area contributed by atoms with Crippen LogP contribution in [0.1, 0.15) is 12.8 Å². The van der Waals surface area contributed by atoms with E-state index in [0.29, 0.717) is 24.7 Å². The molecule has 2 saturated heterocycles. The molecule has 2 aliphatic heterocycles. The molecule has 0 saturated carbocycles. The monoisotopic (exact) mass is 854 g/mol. The summed E-state index contributed by atoms with van der Waals surface area (Å²) >= 11 is 0. The lowest BCUT2D eigenvalue weighted by Gasteiger charge is -2.27. The van der Waals surface area contributed by atoms with Gasteiger partial charge in [-0.2, -0.15) is 0 Å². The Hall–Kier alpha value is -6.32. The second-order valence-corrected chi connectivity index (χ2v) is 16.9. The highest BCUT2D eigenvalue weighted by molar-refractivity contribution is 6.22. The van der Waals surface area contributed by atoms with Gasteiger partial charge >= 0.3 is 0 Å². The Morgan fingerprint density at radius 3 is 1.30 bits per heavy atom. The van der Waals surface area contributed by atoms with Crippen LogP contribution >= 0.6 is 0 Å². The van der Waals surface area contributed by atoms with Crippen LogP contribution in [0.15, 0.2) is 84.9 Å². The maximum absolute atomic E-state index is 14.0. The first-order chi connectivity index (χ1) is 30.7. The number of hydrogen-bond acceptors (Lipinski definition) is 6. The smallest absolute Gasteiger partial charge is 0.167 e. The van der Waals surface area contributed by atoms with E-state index in [0.717, 1.165) is 152 Å². The number of nitrogens with one attached hydrogen (secondary N) is 5. The highest BCUT2D eigenvalue weighted by Crippen LogP contribution is 2.43. The largest absolute Gasteiger partial charge is 0.489 e. The molecule has 6 heterocycles. The van der Waals surface area contributed by atoms with Gasteiger partial charge in [-0.3, -0.25) is 4.90 Å². The van der Waals surface area contributed by atoms with Crippen LogP contribution in [0.25, 0.3) is 87.2 Å². The van der Waals surface area contributed by atoms with Crippen LogP contribution in [0, 0.1) is 23.3 Å². The highest BCUT2D eigenvalue weighted by Gasteiger charge is 2.22. The fourth-order valence-electron chi connectivity index (χ4n) is 9.62. The van der Waals surface area contributed by atoms with Crippen molar-refractivity contribution in [2.24, 2.45) is 5.73 Å². The third-order valence-electron chi connectivity index (χ3n) is 12.7. The van der Waals surface area contributed by atoms with Gasteiger partial charge in [0.05, 0.1) is 28.7 Å². The van der Waals surface area contributed by atoms with Crippen molar-refractivity contribution in [3.63, 3.8) is 0 Å². The van der Waals surface area contributed by atoms with Crippen LogP contribution in [-0.4, -0.2) is 101 Å². The highest BCUT2D eigenvalue weighted by atomic mass is 19.1. The Labute approximate surface area is 358 Å². The molecule has 0 aliphatic carbocycles. The van der Waals surface area contributed by atoms with Crippen molar-refractivity contribution < 1.29 is 27.0 Å². The molecule has 63 heavy (non-hydrogen) atoms. The summed E-state index contributed by atoms with van der Waals surface area (Å²) in [6.07, 6.45) is 1.91. The van der Waals surface area contributed by atoms with Gasteiger partial charge in [-0.1, -0.05) is 0 Å². The zero-order valence-electron chi connectivity index (χ0n) is 34.4. The average molecular weight is 855 g/mol. The number of nitrogens with two attached hydrogens (primary N) is 1. The van der Waals surface area contributed by atoms with Gasteiger partial charge in [0, 0.05) is 117 Å². The molecule has 0 spiro atoms. The molecular weight excluding hydrogens is 809 g/mol. The minimum absolute atomic E-state index is 0.266. The Bertz CT molecular complexity index is 3160. The zero-order chi connectivity index (χ0) is 42.8. The first-order valence-electron chi connectivity index (χ1n) is 21.6. The van der Waals surface area contributed by atoms with Crippen LogP contribution in [-0.2, 0) is 0 Å². The summed E-state index contributed by atoms with van der Waals surface area (Å²) in [4.78, 5) is 18.3. The summed E-state index contributed by atoms with van der Waals surface area (Å²) in [5.74, 6) is 0.198. The van der Waals surface area contributed by atoms with E-state index in [-0.39, 0.29) is 29.3 Å². The lowest BCUT2D eigenvalue weighted by atomic mass is 10.1. The number of aromatic amines is 4. The molecular formula is C49H46F4N8O2. The quantitative estimate of drug-likeness (QED) is 0.0635. The Morgan fingerprint density at radius 2 is 0.905 bits per heavy atom. The van der Waals surface area contributed by atoms with E-state index in [1.54, 1.807) is 24.3 Å². The third-order valence-corrected chi connectivity index (χ3v) is 12.7. The first kappa shape index (κ1) is 39.5. The summed E-state index contributed by atoms with van der Waals surface area (Å²) in [6, 6.07) is 23.1. The molecule has 4 aromatic heterocycles. The molecule has 6 aromatic carbocycles. The fraction of sp³-hybridized carbons (Fsp3) is 0.265. The third kappa shape index (κ3) is 7.36. The Balaban J connectivity index is 0.000000141. The van der Waals surface area contributed by atoms with E-state index in [4.69, 9.17) is 15.2 Å². The van der Waals surface area contributed by atoms with Crippen molar-refractivity contribution in [3.05, 3.63) is 108 Å². The molecule has 322 valence electrons. The van der Waals surface area contributed by atoms with E-state index < -0.39 is 0 Å². The average Bonchev–Trinajstić information content (AvgIpc) is 4.11. The number of ether oxygens (including phenoxy) is 2. The summed E-state index contributed by atoms with van der Waals surface area (Å²) in [7, 11) is 0. The topological polar surface area (TPSA) is 126 Å². The summed E-state index contributed by atoms with van der Waals surface area (Å²) in [6.45, 7) is 8.76. The molecule has 0 bridgehead atoms. The molecule has 2 aliphatic rings. The van der Waals surface area contributed by atoms with E-state index >= 15 is 0 Å². The maximum atomic E-state index is 14.0. The molecule has 0 unspecified atom stereocenters. The van der Waals surface area contributed by atoms with Gasteiger partial charge in [0.1, 0.15) is 29.9 Å². The van der Waals surface area contributed by atoms with E-state index in [1.165, 1.54) is 48.5 Å². The van der Waals surface area contributed by atoms with Crippen molar-refractivity contribution in [2.45, 2.75) is 18.9 Å². The van der Waals surface area contributed by atoms with Crippen molar-refractivity contribution >= 4 is 87.2 Å². The van der Waals surface area contributed by atoms with Gasteiger partial charge in [0.15, 0.2) is 11.5 Å². The van der Waals surface area contributed by atoms with Crippen LogP contribution in [0.5, 0.6) is 11.5 Å². The van der Waals surface area contributed by atoms with Crippen molar-refractivity contribution in [2.75, 3.05) is 65.6 Å². The van der Waals surface area contributed by atoms with E-state index in [1.807, 2.05) is 12.1 Å². The number of rotatable bonds is 9. The van der Waals surface area contributed by atoms with E-state index in [2.05, 4.69) is 35.1 Å². The number of piperazine rings is 1. The predicted octanol–water partition coefficient (Wildman–Crippen LogP) is 9.55. The molecule has 0 radical (unpaired) electrons. The molecule has 7 N–H and O–H groups in total.